The Balaban J connectivity index is 1.53. The van der Waals surface area contributed by atoms with E-state index in [4.69, 9.17) is 10.00 Å². The van der Waals surface area contributed by atoms with Crippen LogP contribution >= 0.6 is 0 Å². The Morgan fingerprint density at radius 3 is 2.54 bits per heavy atom. The molecular weight excluding hydrogens is 374 g/mol. The average Bonchev–Trinajstić information content (AvgIpc) is 2.70. The summed E-state index contributed by atoms with van der Waals surface area (Å²) >= 11 is 0. The molecule has 0 radical (unpaired) electrons. The van der Waals surface area contributed by atoms with Crippen molar-refractivity contribution in [3.63, 3.8) is 0 Å². The highest BCUT2D eigenvalue weighted by atomic mass is 32.2. The van der Waals surface area contributed by atoms with E-state index in [1.807, 2.05) is 32.0 Å². The van der Waals surface area contributed by atoms with Gasteiger partial charge in [-0.05, 0) is 49.2 Å². The maximum atomic E-state index is 13.0. The lowest BCUT2D eigenvalue weighted by molar-refractivity contribution is 0.159. The van der Waals surface area contributed by atoms with Crippen molar-refractivity contribution in [2.24, 2.45) is 0 Å². The quantitative estimate of drug-likeness (QED) is 0.746. The minimum Gasteiger partial charge on any atom is -0.492 e. The molecule has 148 valence electrons. The molecule has 0 unspecified atom stereocenters. The SMILES string of the molecule is Cc1ccc(C)c(S(=O)(=O)N2CCN(CCOc3cccc(C#N)c3)CC2)c1. The molecule has 1 aliphatic heterocycles. The fraction of sp³-hybridized carbons (Fsp3) is 0.381. The van der Waals surface area contributed by atoms with E-state index in [9.17, 15) is 8.42 Å². The molecule has 1 aliphatic rings. The summed E-state index contributed by atoms with van der Waals surface area (Å²) in [5, 5.41) is 8.93. The Bertz CT molecular complexity index is 975. The lowest BCUT2D eigenvalue weighted by atomic mass is 10.2. The first-order valence-electron chi connectivity index (χ1n) is 9.33. The number of rotatable bonds is 6. The molecule has 28 heavy (non-hydrogen) atoms. The molecule has 0 aromatic heterocycles. The summed E-state index contributed by atoms with van der Waals surface area (Å²) in [5.74, 6) is 0.676. The fourth-order valence-electron chi connectivity index (χ4n) is 3.27. The molecule has 0 bridgehead atoms. The van der Waals surface area contributed by atoms with Crippen molar-refractivity contribution >= 4 is 10.0 Å². The topological polar surface area (TPSA) is 73.6 Å². The van der Waals surface area contributed by atoms with Crippen LogP contribution in [0.4, 0.5) is 0 Å². The third-order valence-electron chi connectivity index (χ3n) is 4.93. The number of benzene rings is 2. The Hall–Kier alpha value is -2.40. The predicted octanol–water partition coefficient (Wildman–Crippen LogP) is 2.56. The Morgan fingerprint density at radius 2 is 1.82 bits per heavy atom. The average molecular weight is 400 g/mol. The van der Waals surface area contributed by atoms with Gasteiger partial charge in [0.05, 0.1) is 16.5 Å². The second kappa shape index (κ2) is 8.74. The van der Waals surface area contributed by atoms with E-state index >= 15 is 0 Å². The van der Waals surface area contributed by atoms with Crippen LogP contribution in [0.5, 0.6) is 5.75 Å². The van der Waals surface area contributed by atoms with Gasteiger partial charge in [-0.3, -0.25) is 4.90 Å². The third-order valence-corrected chi connectivity index (χ3v) is 6.97. The van der Waals surface area contributed by atoms with Crippen LogP contribution in [0.2, 0.25) is 0 Å². The van der Waals surface area contributed by atoms with Gasteiger partial charge < -0.3 is 4.74 Å². The van der Waals surface area contributed by atoms with Gasteiger partial charge in [-0.25, -0.2) is 8.42 Å². The van der Waals surface area contributed by atoms with E-state index in [1.165, 1.54) is 0 Å². The first kappa shape index (κ1) is 20.3. The van der Waals surface area contributed by atoms with Crippen LogP contribution in [0.3, 0.4) is 0 Å². The molecular formula is C21H25N3O3S. The monoisotopic (exact) mass is 399 g/mol. The Labute approximate surface area is 167 Å². The number of sulfonamides is 1. The van der Waals surface area contributed by atoms with E-state index < -0.39 is 10.0 Å². The molecule has 2 aromatic rings. The van der Waals surface area contributed by atoms with Gasteiger partial charge in [-0.15, -0.1) is 0 Å². The van der Waals surface area contributed by atoms with Crippen molar-refractivity contribution in [1.29, 1.82) is 5.26 Å². The molecule has 6 nitrogen and oxygen atoms in total. The van der Waals surface area contributed by atoms with Crippen LogP contribution in [-0.2, 0) is 10.0 Å². The van der Waals surface area contributed by atoms with E-state index in [-0.39, 0.29) is 0 Å². The third kappa shape index (κ3) is 4.71. The minimum absolute atomic E-state index is 0.404. The van der Waals surface area contributed by atoms with Crippen molar-refractivity contribution in [2.75, 3.05) is 39.3 Å². The van der Waals surface area contributed by atoms with Crippen LogP contribution in [-0.4, -0.2) is 57.0 Å². The summed E-state index contributed by atoms with van der Waals surface area (Å²) in [6.07, 6.45) is 0. The van der Waals surface area contributed by atoms with Crippen LogP contribution in [0, 0.1) is 25.2 Å². The molecule has 1 saturated heterocycles. The lowest BCUT2D eigenvalue weighted by Gasteiger charge is -2.34. The van der Waals surface area contributed by atoms with Gasteiger partial charge in [-0.2, -0.15) is 9.57 Å². The van der Waals surface area contributed by atoms with Crippen molar-refractivity contribution in [3.8, 4) is 11.8 Å². The van der Waals surface area contributed by atoms with Gasteiger partial charge >= 0.3 is 0 Å². The van der Waals surface area contributed by atoms with Crippen molar-refractivity contribution in [3.05, 3.63) is 59.2 Å². The molecule has 1 fully saturated rings. The molecule has 0 N–H and O–H groups in total. The molecule has 7 heteroatoms. The van der Waals surface area contributed by atoms with Gasteiger partial charge in [0.1, 0.15) is 12.4 Å². The van der Waals surface area contributed by atoms with E-state index in [2.05, 4.69) is 11.0 Å². The summed E-state index contributed by atoms with van der Waals surface area (Å²) in [5.41, 5.74) is 2.30. The number of hydrogen-bond acceptors (Lipinski definition) is 5. The highest BCUT2D eigenvalue weighted by molar-refractivity contribution is 7.89. The summed E-state index contributed by atoms with van der Waals surface area (Å²) in [6.45, 7) is 7.24. The molecule has 3 rings (SSSR count). The van der Waals surface area contributed by atoms with E-state index in [0.717, 1.165) is 11.1 Å². The second-order valence-corrected chi connectivity index (χ2v) is 8.91. The number of nitriles is 1. The summed E-state index contributed by atoms with van der Waals surface area (Å²) in [4.78, 5) is 2.60. The van der Waals surface area contributed by atoms with Gasteiger partial charge in [0.15, 0.2) is 0 Å². The number of aryl methyl sites for hydroxylation is 2. The summed E-state index contributed by atoms with van der Waals surface area (Å²) < 4.78 is 33.3. The van der Waals surface area contributed by atoms with Crippen LogP contribution in [0.25, 0.3) is 0 Å². The van der Waals surface area contributed by atoms with Gasteiger partial charge in [0.25, 0.3) is 0 Å². The number of ether oxygens (including phenoxy) is 1. The zero-order valence-electron chi connectivity index (χ0n) is 16.3. The van der Waals surface area contributed by atoms with Crippen molar-refractivity contribution < 1.29 is 13.2 Å². The Kier molecular flexibility index (Phi) is 6.35. The summed E-state index contributed by atoms with van der Waals surface area (Å²) in [6, 6.07) is 14.7. The molecule has 2 aromatic carbocycles. The van der Waals surface area contributed by atoms with E-state index in [0.29, 0.717) is 55.5 Å². The van der Waals surface area contributed by atoms with E-state index in [1.54, 1.807) is 28.6 Å². The highest BCUT2D eigenvalue weighted by Gasteiger charge is 2.29. The highest BCUT2D eigenvalue weighted by Crippen LogP contribution is 2.22. The molecule has 0 aliphatic carbocycles. The molecule has 0 amide bonds. The number of piperazine rings is 1. The Morgan fingerprint density at radius 1 is 1.07 bits per heavy atom. The fourth-order valence-corrected chi connectivity index (χ4v) is 5.00. The normalized spacial score (nSPS) is 15.9. The molecule has 0 spiro atoms. The van der Waals surface area contributed by atoms with Gasteiger partial charge in [-0.1, -0.05) is 18.2 Å². The van der Waals surface area contributed by atoms with Crippen LogP contribution in [0.15, 0.2) is 47.4 Å². The smallest absolute Gasteiger partial charge is 0.243 e. The largest absolute Gasteiger partial charge is 0.492 e. The van der Waals surface area contributed by atoms with Crippen molar-refractivity contribution in [2.45, 2.75) is 18.7 Å². The minimum atomic E-state index is -3.47. The van der Waals surface area contributed by atoms with Gasteiger partial charge in [0.2, 0.25) is 10.0 Å². The molecule has 0 saturated carbocycles. The first-order valence-corrected chi connectivity index (χ1v) is 10.8. The lowest BCUT2D eigenvalue weighted by Crippen LogP contribution is -2.49. The number of hydrogen-bond donors (Lipinski definition) is 0. The van der Waals surface area contributed by atoms with Crippen LogP contribution < -0.4 is 4.74 Å². The summed E-state index contributed by atoms with van der Waals surface area (Å²) in [7, 11) is -3.47. The standard InChI is InChI=1S/C21H25N3O3S/c1-17-6-7-18(2)21(14-17)28(25,26)24-10-8-23(9-11-24)12-13-27-20-5-3-4-19(15-20)16-22/h3-7,14-15H,8-13H2,1-2H3. The number of nitrogens with zero attached hydrogens (tertiary/aromatic N) is 3. The van der Waals surface area contributed by atoms with Gasteiger partial charge in [0, 0.05) is 32.7 Å². The molecule has 1 heterocycles. The zero-order chi connectivity index (χ0) is 20.1. The maximum absolute atomic E-state index is 13.0. The predicted molar refractivity (Wildman–Crippen MR) is 108 cm³/mol. The first-order chi connectivity index (χ1) is 13.4. The van der Waals surface area contributed by atoms with Crippen LogP contribution in [0.1, 0.15) is 16.7 Å². The zero-order valence-corrected chi connectivity index (χ0v) is 17.1. The molecule has 0 atom stereocenters. The maximum Gasteiger partial charge on any atom is 0.243 e. The second-order valence-electron chi connectivity index (χ2n) is 7.00. The van der Waals surface area contributed by atoms with Crippen molar-refractivity contribution in [1.82, 2.24) is 9.21 Å².